The SMILES string of the molecule is CCCOc1ccc(C(=O)NC(=S)NNC(=O)C(C)Oc2ccc(C)c(C)c2)cc1Br. The Balaban J connectivity index is 1.83. The number of amides is 2. The van der Waals surface area contributed by atoms with Crippen molar-refractivity contribution >= 4 is 45.1 Å². The van der Waals surface area contributed by atoms with E-state index in [0.29, 0.717) is 28.1 Å². The van der Waals surface area contributed by atoms with E-state index in [1.54, 1.807) is 31.2 Å². The lowest BCUT2D eigenvalue weighted by Gasteiger charge is -2.17. The molecule has 31 heavy (non-hydrogen) atoms. The smallest absolute Gasteiger partial charge is 0.279 e. The first-order valence-corrected chi connectivity index (χ1v) is 11.0. The van der Waals surface area contributed by atoms with Crippen LogP contribution in [0.15, 0.2) is 40.9 Å². The summed E-state index contributed by atoms with van der Waals surface area (Å²) in [7, 11) is 0. The van der Waals surface area contributed by atoms with Gasteiger partial charge in [0.2, 0.25) is 0 Å². The highest BCUT2D eigenvalue weighted by Crippen LogP contribution is 2.26. The summed E-state index contributed by atoms with van der Waals surface area (Å²) in [5, 5.41) is 2.47. The van der Waals surface area contributed by atoms with Gasteiger partial charge < -0.3 is 9.47 Å². The van der Waals surface area contributed by atoms with Crippen molar-refractivity contribution in [3.05, 3.63) is 57.6 Å². The molecule has 0 radical (unpaired) electrons. The minimum atomic E-state index is -0.764. The van der Waals surface area contributed by atoms with Crippen LogP contribution in [0.25, 0.3) is 0 Å². The van der Waals surface area contributed by atoms with Gasteiger partial charge in [-0.3, -0.25) is 25.8 Å². The average molecular weight is 508 g/mol. The molecular weight excluding hydrogens is 482 g/mol. The standard InChI is InChI=1S/C22H26BrN3O4S/c1-5-10-29-19-9-7-16(12-18(19)23)21(28)24-22(31)26-25-20(27)15(4)30-17-8-6-13(2)14(3)11-17/h6-9,11-12,15H,5,10H2,1-4H3,(H,25,27)(H2,24,26,28,31). The van der Waals surface area contributed by atoms with Crippen LogP contribution in [0.1, 0.15) is 41.8 Å². The van der Waals surface area contributed by atoms with Crippen molar-refractivity contribution in [1.29, 1.82) is 0 Å². The predicted octanol–water partition coefficient (Wildman–Crippen LogP) is 3.96. The Morgan fingerprint density at radius 3 is 2.48 bits per heavy atom. The van der Waals surface area contributed by atoms with Gasteiger partial charge in [0.05, 0.1) is 11.1 Å². The van der Waals surface area contributed by atoms with Crippen LogP contribution in [0.5, 0.6) is 11.5 Å². The third-order valence-electron chi connectivity index (χ3n) is 4.34. The number of rotatable bonds is 7. The van der Waals surface area contributed by atoms with Crippen LogP contribution in [0.4, 0.5) is 0 Å². The maximum absolute atomic E-state index is 12.4. The Labute approximate surface area is 196 Å². The van der Waals surface area contributed by atoms with E-state index in [1.165, 1.54) is 0 Å². The van der Waals surface area contributed by atoms with Gasteiger partial charge in [-0.05, 0) is 96.8 Å². The van der Waals surface area contributed by atoms with Gasteiger partial charge in [-0.2, -0.15) is 0 Å². The van der Waals surface area contributed by atoms with Gasteiger partial charge in [0.15, 0.2) is 11.2 Å². The normalized spacial score (nSPS) is 11.3. The summed E-state index contributed by atoms with van der Waals surface area (Å²) < 4.78 is 11.9. The Morgan fingerprint density at radius 2 is 1.84 bits per heavy atom. The van der Waals surface area contributed by atoms with E-state index in [4.69, 9.17) is 21.7 Å². The Bertz CT molecular complexity index is 968. The number of aryl methyl sites for hydroxylation is 2. The molecule has 0 aliphatic rings. The highest BCUT2D eigenvalue weighted by Gasteiger charge is 2.16. The van der Waals surface area contributed by atoms with Crippen LogP contribution >= 0.6 is 28.1 Å². The minimum absolute atomic E-state index is 0.0424. The van der Waals surface area contributed by atoms with Gasteiger partial charge in [-0.1, -0.05) is 13.0 Å². The number of carbonyl (C=O) groups is 2. The fourth-order valence-electron chi connectivity index (χ4n) is 2.44. The van der Waals surface area contributed by atoms with Crippen molar-refractivity contribution in [3.63, 3.8) is 0 Å². The number of hydrogen-bond donors (Lipinski definition) is 3. The largest absolute Gasteiger partial charge is 0.492 e. The number of halogens is 1. The second kappa shape index (κ2) is 11.7. The summed E-state index contributed by atoms with van der Waals surface area (Å²) >= 11 is 8.47. The number of nitrogens with one attached hydrogen (secondary N) is 3. The summed E-state index contributed by atoms with van der Waals surface area (Å²) in [4.78, 5) is 24.6. The first-order valence-electron chi connectivity index (χ1n) is 9.78. The quantitative estimate of drug-likeness (QED) is 0.388. The van der Waals surface area contributed by atoms with Gasteiger partial charge in [0.1, 0.15) is 11.5 Å². The first-order chi connectivity index (χ1) is 14.7. The Hall–Kier alpha value is -2.65. The van der Waals surface area contributed by atoms with Crippen LogP contribution in [0, 0.1) is 13.8 Å². The molecule has 2 amide bonds. The van der Waals surface area contributed by atoms with Crippen molar-refractivity contribution in [1.82, 2.24) is 16.2 Å². The lowest BCUT2D eigenvalue weighted by Crippen LogP contribution is -2.51. The zero-order valence-electron chi connectivity index (χ0n) is 17.9. The summed E-state index contributed by atoms with van der Waals surface area (Å²) in [6.07, 6.45) is 0.119. The zero-order valence-corrected chi connectivity index (χ0v) is 20.3. The highest BCUT2D eigenvalue weighted by atomic mass is 79.9. The maximum atomic E-state index is 12.4. The first kappa shape index (κ1) is 24.6. The molecule has 0 aromatic heterocycles. The monoisotopic (exact) mass is 507 g/mol. The number of carbonyl (C=O) groups excluding carboxylic acids is 2. The van der Waals surface area contributed by atoms with Crippen LogP contribution in [0.3, 0.4) is 0 Å². The maximum Gasteiger partial charge on any atom is 0.279 e. The molecule has 1 unspecified atom stereocenters. The predicted molar refractivity (Wildman–Crippen MR) is 127 cm³/mol. The number of hydrazine groups is 1. The Morgan fingerprint density at radius 1 is 1.10 bits per heavy atom. The molecule has 2 aromatic rings. The molecule has 0 spiro atoms. The molecule has 9 heteroatoms. The summed E-state index contributed by atoms with van der Waals surface area (Å²) in [6.45, 7) is 8.19. The summed E-state index contributed by atoms with van der Waals surface area (Å²) in [5.74, 6) is 0.395. The molecule has 0 bridgehead atoms. The van der Waals surface area contributed by atoms with Crippen LogP contribution in [0.2, 0.25) is 0 Å². The van der Waals surface area contributed by atoms with E-state index in [2.05, 4.69) is 32.1 Å². The molecule has 0 saturated carbocycles. The molecule has 0 heterocycles. The summed E-state index contributed by atoms with van der Waals surface area (Å²) in [5.41, 5.74) is 7.54. The Kier molecular flexibility index (Phi) is 9.26. The number of thiocarbonyl (C=S) groups is 1. The molecule has 3 N–H and O–H groups in total. The van der Waals surface area contributed by atoms with E-state index in [-0.39, 0.29) is 5.11 Å². The second-order valence-corrected chi connectivity index (χ2v) is 8.16. The lowest BCUT2D eigenvalue weighted by molar-refractivity contribution is -0.127. The molecule has 166 valence electrons. The van der Waals surface area contributed by atoms with E-state index in [1.807, 2.05) is 32.9 Å². The van der Waals surface area contributed by atoms with Gasteiger partial charge in [-0.25, -0.2) is 0 Å². The van der Waals surface area contributed by atoms with Crippen LogP contribution in [-0.2, 0) is 4.79 Å². The van der Waals surface area contributed by atoms with Crippen molar-refractivity contribution < 1.29 is 19.1 Å². The molecule has 2 rings (SSSR count). The van der Waals surface area contributed by atoms with E-state index in [0.717, 1.165) is 17.5 Å². The molecule has 0 aliphatic carbocycles. The number of hydrogen-bond acceptors (Lipinski definition) is 5. The lowest BCUT2D eigenvalue weighted by atomic mass is 10.1. The topological polar surface area (TPSA) is 88.7 Å². The fraction of sp³-hybridized carbons (Fsp3) is 0.318. The molecule has 0 saturated heterocycles. The molecule has 1 atom stereocenters. The van der Waals surface area contributed by atoms with E-state index in [9.17, 15) is 9.59 Å². The molecule has 2 aromatic carbocycles. The van der Waals surface area contributed by atoms with Crippen LogP contribution in [-0.4, -0.2) is 29.6 Å². The van der Waals surface area contributed by atoms with Crippen molar-refractivity contribution in [3.8, 4) is 11.5 Å². The average Bonchev–Trinajstić information content (AvgIpc) is 2.73. The zero-order chi connectivity index (χ0) is 23.0. The van der Waals surface area contributed by atoms with Gasteiger partial charge in [0.25, 0.3) is 11.8 Å². The third kappa shape index (κ3) is 7.52. The van der Waals surface area contributed by atoms with Crippen molar-refractivity contribution in [2.45, 2.75) is 40.2 Å². The highest BCUT2D eigenvalue weighted by molar-refractivity contribution is 9.10. The van der Waals surface area contributed by atoms with Gasteiger partial charge in [0, 0.05) is 5.56 Å². The molecular formula is C22H26BrN3O4S. The van der Waals surface area contributed by atoms with Gasteiger partial charge >= 0.3 is 0 Å². The number of benzene rings is 2. The van der Waals surface area contributed by atoms with Crippen molar-refractivity contribution in [2.24, 2.45) is 0 Å². The fourth-order valence-corrected chi connectivity index (χ4v) is 3.08. The molecule has 0 fully saturated rings. The third-order valence-corrected chi connectivity index (χ3v) is 5.17. The van der Waals surface area contributed by atoms with Crippen molar-refractivity contribution in [2.75, 3.05) is 6.61 Å². The van der Waals surface area contributed by atoms with E-state index < -0.39 is 17.9 Å². The van der Waals surface area contributed by atoms with E-state index >= 15 is 0 Å². The molecule has 7 nitrogen and oxygen atoms in total. The molecule has 0 aliphatic heterocycles. The van der Waals surface area contributed by atoms with Gasteiger partial charge in [-0.15, -0.1) is 0 Å². The minimum Gasteiger partial charge on any atom is -0.492 e. The summed E-state index contributed by atoms with van der Waals surface area (Å²) in [6, 6.07) is 10.6. The second-order valence-electron chi connectivity index (χ2n) is 6.90. The van der Waals surface area contributed by atoms with Crippen LogP contribution < -0.4 is 25.6 Å². The number of ether oxygens (including phenoxy) is 2.